The third-order valence-electron chi connectivity index (χ3n) is 3.71. The average Bonchev–Trinajstić information content (AvgIpc) is 3.08. The van der Waals surface area contributed by atoms with Crippen molar-refractivity contribution in [3.63, 3.8) is 0 Å². The van der Waals surface area contributed by atoms with Crippen molar-refractivity contribution in [2.45, 2.75) is 19.9 Å². The van der Waals surface area contributed by atoms with Gasteiger partial charge in [0.1, 0.15) is 23.6 Å². The van der Waals surface area contributed by atoms with Gasteiger partial charge in [-0.05, 0) is 24.3 Å². The van der Waals surface area contributed by atoms with Gasteiger partial charge in [-0.15, -0.1) is 0 Å². The molecule has 1 N–H and O–H groups in total. The van der Waals surface area contributed by atoms with Crippen LogP contribution in [-0.4, -0.2) is 27.2 Å². The Balaban J connectivity index is 1.88. The topological polar surface area (TPSA) is 77.6 Å². The van der Waals surface area contributed by atoms with Gasteiger partial charge in [-0.3, -0.25) is 14.0 Å². The number of carbonyl (C=O) groups is 1. The Bertz CT molecular complexity index is 942. The molecule has 0 saturated carbocycles. The van der Waals surface area contributed by atoms with E-state index in [0.717, 1.165) is 5.82 Å². The molecule has 0 aliphatic rings. The minimum absolute atomic E-state index is 0.161. The number of nitrogens with zero attached hydrogens (tertiary/aromatic N) is 3. The van der Waals surface area contributed by atoms with Crippen LogP contribution in [0.2, 0.25) is 0 Å². The van der Waals surface area contributed by atoms with Gasteiger partial charge >= 0.3 is 0 Å². The summed E-state index contributed by atoms with van der Waals surface area (Å²) in [7, 11) is 1.53. The molecule has 3 rings (SSSR count). The van der Waals surface area contributed by atoms with Crippen LogP contribution in [0.1, 0.15) is 12.7 Å². The van der Waals surface area contributed by atoms with E-state index in [4.69, 9.17) is 4.74 Å². The lowest BCUT2D eigenvalue weighted by molar-refractivity contribution is -0.117. The number of amides is 1. The summed E-state index contributed by atoms with van der Waals surface area (Å²) in [5.41, 5.74) is 0.761. The molecule has 1 amide bonds. The highest BCUT2D eigenvalue weighted by molar-refractivity contribution is 5.92. The van der Waals surface area contributed by atoms with Crippen LogP contribution in [0.4, 0.5) is 5.69 Å². The van der Waals surface area contributed by atoms with Gasteiger partial charge in [0.2, 0.25) is 5.91 Å². The molecule has 7 heteroatoms. The standard InChI is InChI=1S/C17H18N4O3/c1-3-15-19-21(17(23)13-8-6-10-20(13)15)11-16(22)18-12-7-4-5-9-14(12)24-2/h4-10H,3,11H2,1-2H3,(H,18,22). The van der Waals surface area contributed by atoms with Crippen LogP contribution in [0.3, 0.4) is 0 Å². The minimum Gasteiger partial charge on any atom is -0.495 e. The number of rotatable bonds is 5. The van der Waals surface area contributed by atoms with Crippen molar-refractivity contribution in [3.05, 3.63) is 58.8 Å². The second-order valence-corrected chi connectivity index (χ2v) is 5.24. The highest BCUT2D eigenvalue weighted by Crippen LogP contribution is 2.22. The Labute approximate surface area is 138 Å². The van der Waals surface area contributed by atoms with Gasteiger partial charge in [-0.1, -0.05) is 19.1 Å². The van der Waals surface area contributed by atoms with Gasteiger partial charge < -0.3 is 10.1 Å². The number of anilines is 1. The molecule has 0 saturated heterocycles. The van der Waals surface area contributed by atoms with Crippen LogP contribution >= 0.6 is 0 Å². The summed E-state index contributed by atoms with van der Waals surface area (Å²) in [5.74, 6) is 0.939. The van der Waals surface area contributed by atoms with Gasteiger partial charge in [0.05, 0.1) is 12.8 Å². The predicted octanol–water partition coefficient (Wildman–Crippen LogP) is 1.71. The smallest absolute Gasteiger partial charge is 0.291 e. The number of nitrogens with one attached hydrogen (secondary N) is 1. The summed E-state index contributed by atoms with van der Waals surface area (Å²) in [6, 6.07) is 10.6. The number of aryl methyl sites for hydroxylation is 1. The fourth-order valence-electron chi connectivity index (χ4n) is 2.57. The van der Waals surface area contributed by atoms with Crippen molar-refractivity contribution in [2.75, 3.05) is 12.4 Å². The van der Waals surface area contributed by atoms with Crippen LogP contribution in [0.25, 0.3) is 5.52 Å². The van der Waals surface area contributed by atoms with E-state index in [1.54, 1.807) is 40.9 Å². The van der Waals surface area contributed by atoms with E-state index in [2.05, 4.69) is 10.4 Å². The van der Waals surface area contributed by atoms with E-state index in [1.165, 1.54) is 11.8 Å². The zero-order valence-electron chi connectivity index (χ0n) is 13.5. The molecule has 2 aromatic heterocycles. The number of hydrogen-bond acceptors (Lipinski definition) is 4. The normalized spacial score (nSPS) is 10.8. The molecule has 0 unspecified atom stereocenters. The molecule has 0 atom stereocenters. The molecule has 0 bridgehead atoms. The first kappa shape index (κ1) is 15.8. The first-order valence-corrected chi connectivity index (χ1v) is 7.64. The third kappa shape index (κ3) is 2.88. The van der Waals surface area contributed by atoms with Crippen LogP contribution in [-0.2, 0) is 17.8 Å². The molecule has 24 heavy (non-hydrogen) atoms. The van der Waals surface area contributed by atoms with Gasteiger partial charge in [0.25, 0.3) is 5.56 Å². The zero-order chi connectivity index (χ0) is 17.1. The van der Waals surface area contributed by atoms with Gasteiger partial charge in [-0.2, -0.15) is 5.10 Å². The Morgan fingerprint density at radius 1 is 1.25 bits per heavy atom. The summed E-state index contributed by atoms with van der Waals surface area (Å²) in [6.07, 6.45) is 2.45. The van der Waals surface area contributed by atoms with E-state index in [1.807, 2.05) is 13.0 Å². The van der Waals surface area contributed by atoms with E-state index in [-0.39, 0.29) is 18.0 Å². The summed E-state index contributed by atoms with van der Waals surface area (Å²) in [5, 5.41) is 7.04. The van der Waals surface area contributed by atoms with E-state index in [0.29, 0.717) is 23.4 Å². The molecule has 0 aliphatic carbocycles. The summed E-state index contributed by atoms with van der Waals surface area (Å²) >= 11 is 0. The molecule has 1 aromatic carbocycles. The average molecular weight is 326 g/mol. The quantitative estimate of drug-likeness (QED) is 0.774. The maximum atomic E-state index is 12.4. The fourth-order valence-corrected chi connectivity index (χ4v) is 2.57. The van der Waals surface area contributed by atoms with E-state index >= 15 is 0 Å². The Morgan fingerprint density at radius 2 is 2.04 bits per heavy atom. The van der Waals surface area contributed by atoms with Crippen LogP contribution in [0.5, 0.6) is 5.75 Å². The SMILES string of the molecule is CCc1nn(CC(=O)Nc2ccccc2OC)c(=O)c2cccn12. The maximum absolute atomic E-state index is 12.4. The molecule has 0 radical (unpaired) electrons. The third-order valence-corrected chi connectivity index (χ3v) is 3.71. The first-order valence-electron chi connectivity index (χ1n) is 7.64. The van der Waals surface area contributed by atoms with Crippen molar-refractivity contribution >= 4 is 17.1 Å². The van der Waals surface area contributed by atoms with Crippen LogP contribution in [0, 0.1) is 0 Å². The van der Waals surface area contributed by atoms with Crippen molar-refractivity contribution < 1.29 is 9.53 Å². The maximum Gasteiger partial charge on any atom is 0.291 e. The number of hydrogen-bond donors (Lipinski definition) is 1. The first-order chi connectivity index (χ1) is 11.6. The van der Waals surface area contributed by atoms with Crippen molar-refractivity contribution in [1.29, 1.82) is 0 Å². The molecule has 7 nitrogen and oxygen atoms in total. The summed E-state index contributed by atoms with van der Waals surface area (Å²) in [4.78, 5) is 24.7. The second kappa shape index (κ2) is 6.57. The number of carbonyl (C=O) groups excluding carboxylic acids is 1. The van der Waals surface area contributed by atoms with Crippen molar-refractivity contribution in [3.8, 4) is 5.75 Å². The second-order valence-electron chi connectivity index (χ2n) is 5.24. The van der Waals surface area contributed by atoms with E-state index < -0.39 is 0 Å². The Kier molecular flexibility index (Phi) is 4.33. The molecule has 0 fully saturated rings. The molecule has 0 spiro atoms. The number of ether oxygens (including phenoxy) is 1. The van der Waals surface area contributed by atoms with Crippen molar-refractivity contribution in [2.24, 2.45) is 0 Å². The van der Waals surface area contributed by atoms with Gasteiger partial charge in [0.15, 0.2) is 0 Å². The fraction of sp³-hybridized carbons (Fsp3) is 0.235. The molecule has 0 aliphatic heterocycles. The highest BCUT2D eigenvalue weighted by atomic mass is 16.5. The lowest BCUT2D eigenvalue weighted by atomic mass is 10.3. The monoisotopic (exact) mass is 326 g/mol. The van der Waals surface area contributed by atoms with E-state index in [9.17, 15) is 9.59 Å². The lowest BCUT2D eigenvalue weighted by Crippen LogP contribution is -2.32. The predicted molar refractivity (Wildman–Crippen MR) is 90.5 cm³/mol. The molecular formula is C17H18N4O3. The summed E-state index contributed by atoms with van der Waals surface area (Å²) < 4.78 is 8.14. The molecule has 124 valence electrons. The molecule has 2 heterocycles. The zero-order valence-corrected chi connectivity index (χ0v) is 13.5. The number of benzene rings is 1. The highest BCUT2D eigenvalue weighted by Gasteiger charge is 2.13. The minimum atomic E-state index is -0.341. The van der Waals surface area contributed by atoms with Crippen LogP contribution < -0.4 is 15.6 Å². The molecular weight excluding hydrogens is 308 g/mol. The van der Waals surface area contributed by atoms with Crippen LogP contribution in [0.15, 0.2) is 47.4 Å². The largest absolute Gasteiger partial charge is 0.495 e. The number of methoxy groups -OCH3 is 1. The number of para-hydroxylation sites is 2. The van der Waals surface area contributed by atoms with Gasteiger partial charge in [0, 0.05) is 12.6 Å². The molecule has 3 aromatic rings. The summed E-state index contributed by atoms with van der Waals surface area (Å²) in [6.45, 7) is 1.79. The number of aromatic nitrogens is 3. The number of fused-ring (bicyclic) bond motifs is 1. The van der Waals surface area contributed by atoms with Gasteiger partial charge in [-0.25, -0.2) is 4.68 Å². The van der Waals surface area contributed by atoms with Crippen molar-refractivity contribution in [1.82, 2.24) is 14.2 Å². The Morgan fingerprint density at radius 3 is 2.79 bits per heavy atom. The lowest BCUT2D eigenvalue weighted by Gasteiger charge is -2.11. The Hall–Kier alpha value is -3.09.